The zero-order valence-electron chi connectivity index (χ0n) is 15.7. The maximum absolute atomic E-state index is 12.2. The van der Waals surface area contributed by atoms with Gasteiger partial charge in [0.2, 0.25) is 0 Å². The van der Waals surface area contributed by atoms with Crippen molar-refractivity contribution in [3.8, 4) is 0 Å². The van der Waals surface area contributed by atoms with Gasteiger partial charge in [-0.25, -0.2) is 4.79 Å². The number of aromatic amines is 1. The van der Waals surface area contributed by atoms with Crippen LogP contribution >= 0.6 is 0 Å². The number of hydrogen-bond donors (Lipinski definition) is 2. The van der Waals surface area contributed by atoms with Crippen LogP contribution in [0.15, 0.2) is 24.3 Å². The van der Waals surface area contributed by atoms with Crippen LogP contribution in [0.5, 0.6) is 0 Å². The molecule has 2 N–H and O–H groups in total. The quantitative estimate of drug-likeness (QED) is 0.609. The monoisotopic (exact) mass is 356 g/mol. The van der Waals surface area contributed by atoms with Crippen LogP contribution in [-0.4, -0.2) is 29.3 Å². The van der Waals surface area contributed by atoms with Gasteiger partial charge in [0.05, 0.1) is 0 Å². The fourth-order valence-electron chi connectivity index (χ4n) is 2.83. The number of carbonyl (C=O) groups is 3. The fourth-order valence-corrected chi connectivity index (χ4v) is 2.83. The van der Waals surface area contributed by atoms with Gasteiger partial charge in [-0.15, -0.1) is 0 Å². The number of nitrogens with one attached hydrogen (secondary N) is 2. The minimum Gasteiger partial charge on any atom is -0.451 e. The molecule has 6 heteroatoms. The smallest absolute Gasteiger partial charge is 0.355 e. The highest BCUT2D eigenvalue weighted by molar-refractivity contribution is 6.01. The lowest BCUT2D eigenvalue weighted by Gasteiger charge is -2.09. The summed E-state index contributed by atoms with van der Waals surface area (Å²) in [5.41, 5.74) is 3.63. The summed E-state index contributed by atoms with van der Waals surface area (Å²) in [6.07, 6.45) is 0. The van der Waals surface area contributed by atoms with Crippen LogP contribution in [-0.2, 0) is 9.53 Å². The Morgan fingerprint density at radius 2 is 1.73 bits per heavy atom. The van der Waals surface area contributed by atoms with Crippen LogP contribution in [0.2, 0.25) is 0 Å². The molecule has 0 fully saturated rings. The van der Waals surface area contributed by atoms with Gasteiger partial charge in [0.1, 0.15) is 5.69 Å². The lowest BCUT2D eigenvalue weighted by atomic mass is 10.0. The van der Waals surface area contributed by atoms with Crippen molar-refractivity contribution in [1.29, 1.82) is 0 Å². The number of anilines is 1. The molecule has 1 aromatic carbocycles. The van der Waals surface area contributed by atoms with Crippen molar-refractivity contribution in [1.82, 2.24) is 4.98 Å². The number of ketones is 1. The molecule has 0 aliphatic rings. The molecule has 0 saturated carbocycles. The highest BCUT2D eigenvalue weighted by Gasteiger charge is 2.21. The molecule has 1 heterocycles. The van der Waals surface area contributed by atoms with Gasteiger partial charge in [-0.1, -0.05) is 26.0 Å². The molecule has 1 amide bonds. The van der Waals surface area contributed by atoms with E-state index in [1.807, 2.05) is 24.3 Å². The van der Waals surface area contributed by atoms with E-state index in [-0.39, 0.29) is 11.5 Å². The number of Topliss-reactive ketones (excluding diaryl/α,β-unsaturated/α-hetero) is 1. The Morgan fingerprint density at radius 1 is 1.12 bits per heavy atom. The molecule has 0 aliphatic carbocycles. The number of H-pyrrole nitrogens is 1. The zero-order chi connectivity index (χ0) is 19.4. The van der Waals surface area contributed by atoms with Crippen molar-refractivity contribution in [2.45, 2.75) is 40.5 Å². The molecule has 0 radical (unpaired) electrons. The van der Waals surface area contributed by atoms with Crippen LogP contribution in [0.25, 0.3) is 0 Å². The van der Waals surface area contributed by atoms with Gasteiger partial charge < -0.3 is 15.0 Å². The van der Waals surface area contributed by atoms with Gasteiger partial charge >= 0.3 is 5.97 Å². The van der Waals surface area contributed by atoms with Crippen LogP contribution in [0.3, 0.4) is 0 Å². The number of rotatable bonds is 6. The van der Waals surface area contributed by atoms with Crippen molar-refractivity contribution in [2.75, 3.05) is 11.9 Å². The minimum atomic E-state index is -0.664. The maximum atomic E-state index is 12.2. The maximum Gasteiger partial charge on any atom is 0.355 e. The molecule has 0 bridgehead atoms. The van der Waals surface area contributed by atoms with Gasteiger partial charge in [-0.2, -0.15) is 0 Å². The van der Waals surface area contributed by atoms with Gasteiger partial charge in [-0.3, -0.25) is 9.59 Å². The topological polar surface area (TPSA) is 88.3 Å². The van der Waals surface area contributed by atoms with Crippen LogP contribution < -0.4 is 5.32 Å². The van der Waals surface area contributed by atoms with Gasteiger partial charge in [0.25, 0.3) is 5.91 Å². The molecule has 0 spiro atoms. The van der Waals surface area contributed by atoms with E-state index in [9.17, 15) is 14.4 Å². The number of aromatic nitrogens is 1. The fraction of sp³-hybridized carbons (Fsp3) is 0.350. The Bertz CT molecular complexity index is 832. The highest BCUT2D eigenvalue weighted by Crippen LogP contribution is 2.19. The summed E-state index contributed by atoms with van der Waals surface area (Å²) in [5.74, 6) is -0.808. The van der Waals surface area contributed by atoms with E-state index >= 15 is 0 Å². The predicted octanol–water partition coefficient (Wildman–Crippen LogP) is 3.75. The molecule has 2 aromatic rings. The molecule has 2 rings (SSSR count). The number of amides is 1. The predicted molar refractivity (Wildman–Crippen MR) is 99.7 cm³/mol. The molecular formula is C20H24N2O4. The Kier molecular flexibility index (Phi) is 5.97. The summed E-state index contributed by atoms with van der Waals surface area (Å²) in [7, 11) is 0. The number of carbonyl (C=O) groups excluding carboxylic acids is 3. The molecule has 138 valence electrons. The second kappa shape index (κ2) is 7.99. The second-order valence-corrected chi connectivity index (χ2v) is 6.58. The van der Waals surface area contributed by atoms with E-state index in [1.165, 1.54) is 12.5 Å². The first-order chi connectivity index (χ1) is 12.2. The number of benzene rings is 1. The Labute approximate surface area is 152 Å². The number of esters is 1. The third-order valence-electron chi connectivity index (χ3n) is 4.19. The summed E-state index contributed by atoms with van der Waals surface area (Å²) in [4.78, 5) is 38.6. The summed E-state index contributed by atoms with van der Waals surface area (Å²) in [6, 6.07) is 7.51. The average molecular weight is 356 g/mol. The van der Waals surface area contributed by atoms with Crippen molar-refractivity contribution < 1.29 is 19.1 Å². The summed E-state index contributed by atoms with van der Waals surface area (Å²) in [5, 5.41) is 2.68. The summed E-state index contributed by atoms with van der Waals surface area (Å²) in [6.45, 7) is 8.61. The highest BCUT2D eigenvalue weighted by atomic mass is 16.5. The third kappa shape index (κ3) is 4.39. The van der Waals surface area contributed by atoms with Crippen molar-refractivity contribution in [3.63, 3.8) is 0 Å². The van der Waals surface area contributed by atoms with E-state index in [4.69, 9.17) is 4.74 Å². The Hall–Kier alpha value is -2.89. The average Bonchev–Trinajstić information content (AvgIpc) is 2.87. The summed E-state index contributed by atoms with van der Waals surface area (Å²) < 4.78 is 5.06. The molecular weight excluding hydrogens is 332 g/mol. The van der Waals surface area contributed by atoms with Crippen LogP contribution in [0, 0.1) is 13.8 Å². The normalized spacial score (nSPS) is 10.7. The Balaban J connectivity index is 1.96. The Morgan fingerprint density at radius 3 is 2.23 bits per heavy atom. The van der Waals surface area contributed by atoms with Crippen LogP contribution in [0.4, 0.5) is 5.69 Å². The number of hydrogen-bond acceptors (Lipinski definition) is 4. The van der Waals surface area contributed by atoms with Gasteiger partial charge in [0, 0.05) is 16.9 Å². The SMILES string of the molecule is CC(=O)c1c(C)[nH]c(C(=O)OCC(=O)Nc2ccc(C(C)C)cc2)c1C. The largest absolute Gasteiger partial charge is 0.451 e. The lowest BCUT2D eigenvalue weighted by Crippen LogP contribution is -2.21. The zero-order valence-corrected chi connectivity index (χ0v) is 15.7. The van der Waals surface area contributed by atoms with E-state index in [1.54, 1.807) is 13.8 Å². The van der Waals surface area contributed by atoms with E-state index in [0.717, 1.165) is 0 Å². The van der Waals surface area contributed by atoms with E-state index < -0.39 is 18.5 Å². The second-order valence-electron chi connectivity index (χ2n) is 6.58. The number of ether oxygens (including phenoxy) is 1. The van der Waals surface area contributed by atoms with E-state index in [0.29, 0.717) is 28.4 Å². The van der Waals surface area contributed by atoms with Crippen LogP contribution in [0.1, 0.15) is 64.4 Å². The molecule has 0 aliphatic heterocycles. The lowest BCUT2D eigenvalue weighted by molar-refractivity contribution is -0.119. The van der Waals surface area contributed by atoms with Gasteiger partial charge in [0.15, 0.2) is 12.4 Å². The first-order valence-corrected chi connectivity index (χ1v) is 8.47. The molecule has 0 unspecified atom stereocenters. The first kappa shape index (κ1) is 19.4. The minimum absolute atomic E-state index is 0.127. The molecule has 0 atom stereocenters. The third-order valence-corrected chi connectivity index (χ3v) is 4.19. The first-order valence-electron chi connectivity index (χ1n) is 8.47. The standard InChI is InChI=1S/C20H24N2O4/c1-11(2)15-6-8-16(9-7-15)22-17(24)10-26-20(25)19-12(3)18(14(5)23)13(4)21-19/h6-9,11,21H,10H2,1-5H3,(H,22,24). The number of aryl methyl sites for hydroxylation is 1. The molecule has 1 aromatic heterocycles. The molecule has 0 saturated heterocycles. The molecule has 26 heavy (non-hydrogen) atoms. The van der Waals surface area contributed by atoms with E-state index in [2.05, 4.69) is 24.1 Å². The van der Waals surface area contributed by atoms with Crippen molar-refractivity contribution in [2.24, 2.45) is 0 Å². The van der Waals surface area contributed by atoms with Crippen molar-refractivity contribution in [3.05, 3.63) is 52.3 Å². The van der Waals surface area contributed by atoms with Crippen molar-refractivity contribution >= 4 is 23.3 Å². The van der Waals surface area contributed by atoms with Gasteiger partial charge in [-0.05, 0) is 49.9 Å². The summed E-state index contributed by atoms with van der Waals surface area (Å²) >= 11 is 0. The molecule has 6 nitrogen and oxygen atoms in total.